The Labute approximate surface area is 123 Å². The van der Waals surface area contributed by atoms with Crippen molar-refractivity contribution in [1.82, 2.24) is 4.72 Å². The quantitative estimate of drug-likeness (QED) is 0.891. The van der Waals surface area contributed by atoms with E-state index in [1.54, 1.807) is 42.5 Å². The lowest BCUT2D eigenvalue weighted by atomic mass is 10.1. The molecule has 2 N–H and O–H groups in total. The van der Waals surface area contributed by atoms with Gasteiger partial charge in [0, 0.05) is 17.1 Å². The topological polar surface area (TPSA) is 66.4 Å². The van der Waals surface area contributed by atoms with Gasteiger partial charge >= 0.3 is 0 Å². The van der Waals surface area contributed by atoms with Gasteiger partial charge in [-0.1, -0.05) is 48.0 Å². The Morgan fingerprint density at radius 2 is 1.65 bits per heavy atom. The fourth-order valence-corrected chi connectivity index (χ4v) is 3.05. The van der Waals surface area contributed by atoms with E-state index in [-0.39, 0.29) is 11.4 Å². The number of rotatable bonds is 5. The highest BCUT2D eigenvalue weighted by atomic mass is 35.5. The molecule has 2 rings (SSSR count). The number of halogens is 1. The van der Waals surface area contributed by atoms with Crippen LogP contribution in [0.15, 0.2) is 59.5 Å². The summed E-state index contributed by atoms with van der Waals surface area (Å²) in [6.07, 6.45) is -0.998. The molecule has 0 aliphatic rings. The molecule has 0 spiro atoms. The summed E-state index contributed by atoms with van der Waals surface area (Å²) in [4.78, 5) is 0.159. The second-order valence-electron chi connectivity index (χ2n) is 4.20. The van der Waals surface area contributed by atoms with Crippen LogP contribution in [0.1, 0.15) is 11.7 Å². The van der Waals surface area contributed by atoms with Crippen LogP contribution in [0.3, 0.4) is 0 Å². The van der Waals surface area contributed by atoms with Gasteiger partial charge in [-0.3, -0.25) is 0 Å². The first-order valence-electron chi connectivity index (χ1n) is 5.98. The Morgan fingerprint density at radius 1 is 1.05 bits per heavy atom. The van der Waals surface area contributed by atoms with Gasteiger partial charge in [0.25, 0.3) is 0 Å². The molecular weight excluding hydrogens is 298 g/mol. The second kappa shape index (κ2) is 6.37. The maximum atomic E-state index is 12.0. The maximum absolute atomic E-state index is 12.0. The van der Waals surface area contributed by atoms with E-state index in [4.69, 9.17) is 11.6 Å². The van der Waals surface area contributed by atoms with E-state index in [2.05, 4.69) is 4.72 Å². The van der Waals surface area contributed by atoms with Crippen molar-refractivity contribution in [2.45, 2.75) is 11.0 Å². The van der Waals surface area contributed by atoms with E-state index in [1.807, 2.05) is 0 Å². The molecule has 0 aliphatic carbocycles. The summed E-state index contributed by atoms with van der Waals surface area (Å²) in [5.41, 5.74) is 0.491. The van der Waals surface area contributed by atoms with Crippen molar-refractivity contribution in [3.8, 4) is 0 Å². The minimum absolute atomic E-state index is 0.138. The molecule has 106 valence electrons. The molecule has 1 unspecified atom stereocenters. The fourth-order valence-electron chi connectivity index (χ4n) is 1.73. The molecule has 0 saturated heterocycles. The number of aliphatic hydroxyl groups is 1. The third kappa shape index (κ3) is 3.58. The van der Waals surface area contributed by atoms with Gasteiger partial charge in [0.1, 0.15) is 0 Å². The standard InChI is InChI=1S/C14H14ClNO3S/c15-13-9-5-4-8-12(13)14(17)10-16-20(18,19)11-6-2-1-3-7-11/h1-9,14,16-17H,10H2. The Hall–Kier alpha value is -1.40. The van der Waals surface area contributed by atoms with Crippen LogP contribution in [0.25, 0.3) is 0 Å². The zero-order chi connectivity index (χ0) is 14.6. The van der Waals surface area contributed by atoms with Gasteiger partial charge in [-0.2, -0.15) is 0 Å². The average molecular weight is 312 g/mol. The number of hydrogen-bond donors (Lipinski definition) is 2. The molecule has 1 atom stereocenters. The van der Waals surface area contributed by atoms with E-state index in [0.29, 0.717) is 10.6 Å². The third-order valence-corrected chi connectivity index (χ3v) is 4.57. The summed E-state index contributed by atoms with van der Waals surface area (Å²) >= 11 is 5.95. The largest absolute Gasteiger partial charge is 0.387 e. The van der Waals surface area contributed by atoms with Gasteiger partial charge in [-0.25, -0.2) is 13.1 Å². The first-order valence-corrected chi connectivity index (χ1v) is 7.84. The summed E-state index contributed by atoms with van der Waals surface area (Å²) in [6.45, 7) is -0.138. The van der Waals surface area contributed by atoms with Crippen LogP contribution in [-0.4, -0.2) is 20.1 Å². The molecule has 0 amide bonds. The van der Waals surface area contributed by atoms with E-state index < -0.39 is 16.1 Å². The molecule has 6 heteroatoms. The highest BCUT2D eigenvalue weighted by Crippen LogP contribution is 2.22. The van der Waals surface area contributed by atoms with Crippen LogP contribution in [0.4, 0.5) is 0 Å². The van der Waals surface area contributed by atoms with E-state index in [0.717, 1.165) is 0 Å². The second-order valence-corrected chi connectivity index (χ2v) is 6.38. The highest BCUT2D eigenvalue weighted by Gasteiger charge is 2.17. The van der Waals surface area contributed by atoms with Crippen molar-refractivity contribution >= 4 is 21.6 Å². The predicted octanol–water partition coefficient (Wildman–Crippen LogP) is 2.35. The van der Waals surface area contributed by atoms with Crippen molar-refractivity contribution in [3.05, 3.63) is 65.2 Å². The highest BCUT2D eigenvalue weighted by molar-refractivity contribution is 7.89. The van der Waals surface area contributed by atoms with Gasteiger partial charge in [-0.15, -0.1) is 0 Å². The number of hydrogen-bond acceptors (Lipinski definition) is 3. The molecule has 4 nitrogen and oxygen atoms in total. The van der Waals surface area contributed by atoms with Gasteiger partial charge < -0.3 is 5.11 Å². The first-order chi connectivity index (χ1) is 9.50. The van der Waals surface area contributed by atoms with Crippen LogP contribution in [0.5, 0.6) is 0 Å². The molecule has 0 fully saturated rings. The Bertz CT molecular complexity index is 674. The smallest absolute Gasteiger partial charge is 0.240 e. The summed E-state index contributed by atoms with van der Waals surface area (Å²) in [5.74, 6) is 0. The molecule has 0 aliphatic heterocycles. The van der Waals surface area contributed by atoms with E-state index in [9.17, 15) is 13.5 Å². The molecule has 20 heavy (non-hydrogen) atoms. The van der Waals surface area contributed by atoms with Crippen LogP contribution in [0.2, 0.25) is 5.02 Å². The van der Waals surface area contributed by atoms with Crippen LogP contribution in [-0.2, 0) is 10.0 Å². The number of nitrogens with one attached hydrogen (secondary N) is 1. The molecule has 0 heterocycles. The Morgan fingerprint density at radius 3 is 2.30 bits per heavy atom. The fraction of sp³-hybridized carbons (Fsp3) is 0.143. The molecule has 2 aromatic rings. The van der Waals surface area contributed by atoms with Gasteiger partial charge in [0.15, 0.2) is 0 Å². The Kier molecular flexibility index (Phi) is 4.77. The normalized spacial score (nSPS) is 13.1. The molecule has 0 saturated carbocycles. The zero-order valence-corrected chi connectivity index (χ0v) is 12.1. The molecule has 0 bridgehead atoms. The average Bonchev–Trinajstić information content (AvgIpc) is 2.46. The predicted molar refractivity (Wildman–Crippen MR) is 78.0 cm³/mol. The van der Waals surface area contributed by atoms with Crippen LogP contribution in [0, 0.1) is 0 Å². The summed E-state index contributed by atoms with van der Waals surface area (Å²) in [6, 6.07) is 14.8. The summed E-state index contributed by atoms with van der Waals surface area (Å²) < 4.78 is 26.4. The van der Waals surface area contributed by atoms with Gasteiger partial charge in [-0.05, 0) is 18.2 Å². The summed E-state index contributed by atoms with van der Waals surface area (Å²) in [7, 11) is -3.63. The van der Waals surface area contributed by atoms with Crippen LogP contribution < -0.4 is 4.72 Å². The third-order valence-electron chi connectivity index (χ3n) is 2.78. The molecular formula is C14H14ClNO3S. The molecule has 0 radical (unpaired) electrons. The summed E-state index contributed by atoms with van der Waals surface area (Å²) in [5, 5.41) is 10.4. The van der Waals surface area contributed by atoms with Gasteiger partial charge in [0.2, 0.25) is 10.0 Å². The minimum Gasteiger partial charge on any atom is -0.387 e. The molecule has 0 aromatic heterocycles. The first kappa shape index (κ1) is 15.0. The SMILES string of the molecule is O=S(=O)(NCC(O)c1ccccc1Cl)c1ccccc1. The van der Waals surface area contributed by atoms with E-state index in [1.165, 1.54) is 12.1 Å². The lowest BCUT2D eigenvalue weighted by Crippen LogP contribution is -2.28. The molecule has 2 aromatic carbocycles. The van der Waals surface area contributed by atoms with Gasteiger partial charge in [0.05, 0.1) is 11.0 Å². The van der Waals surface area contributed by atoms with E-state index >= 15 is 0 Å². The van der Waals surface area contributed by atoms with Crippen LogP contribution >= 0.6 is 11.6 Å². The lowest BCUT2D eigenvalue weighted by molar-refractivity contribution is 0.182. The monoisotopic (exact) mass is 311 g/mol. The lowest BCUT2D eigenvalue weighted by Gasteiger charge is -2.13. The number of sulfonamides is 1. The Balaban J connectivity index is 2.08. The van der Waals surface area contributed by atoms with Crippen molar-refractivity contribution < 1.29 is 13.5 Å². The number of benzene rings is 2. The van der Waals surface area contributed by atoms with Crippen molar-refractivity contribution in [2.75, 3.05) is 6.54 Å². The van der Waals surface area contributed by atoms with Crippen molar-refractivity contribution in [1.29, 1.82) is 0 Å². The van der Waals surface area contributed by atoms with Crippen molar-refractivity contribution in [3.63, 3.8) is 0 Å². The van der Waals surface area contributed by atoms with Crippen molar-refractivity contribution in [2.24, 2.45) is 0 Å². The minimum atomic E-state index is -3.63. The number of aliphatic hydroxyl groups excluding tert-OH is 1. The maximum Gasteiger partial charge on any atom is 0.240 e. The zero-order valence-electron chi connectivity index (χ0n) is 10.5.